The maximum atomic E-state index is 13.7. The fourth-order valence-electron chi connectivity index (χ4n) is 7.57. The number of carbonyl (C=O) groups is 2. The zero-order valence-electron chi connectivity index (χ0n) is 23.5. The Balaban J connectivity index is 1.24. The van der Waals surface area contributed by atoms with Crippen LogP contribution in [0.2, 0.25) is 0 Å². The quantitative estimate of drug-likeness (QED) is 0.226. The zero-order chi connectivity index (χ0) is 27.2. The van der Waals surface area contributed by atoms with E-state index in [1.807, 2.05) is 27.8 Å². The molecule has 38 heavy (non-hydrogen) atoms. The van der Waals surface area contributed by atoms with Crippen molar-refractivity contribution in [3.8, 4) is 0 Å². The lowest BCUT2D eigenvalue weighted by atomic mass is 9.67. The lowest BCUT2D eigenvalue weighted by Crippen LogP contribution is -2.94. The molecule has 4 aliphatic heterocycles. The smallest absolute Gasteiger partial charge is 0.341 e. The molecular weight excluding hydrogens is 490 g/mol. The lowest BCUT2D eigenvalue weighted by Gasteiger charge is -2.53. The van der Waals surface area contributed by atoms with Crippen LogP contribution >= 0.6 is 0 Å². The number of epoxide rings is 1. The van der Waals surface area contributed by atoms with Crippen LogP contribution in [-0.2, 0) is 28.5 Å². The number of hydrogen-bond acceptors (Lipinski definition) is 8. The molecule has 0 aromatic carbocycles. The third-order valence-corrected chi connectivity index (χ3v) is 9.84. The van der Waals surface area contributed by atoms with Crippen molar-refractivity contribution in [2.75, 3.05) is 20.1 Å². The molecule has 10 nitrogen and oxygen atoms in total. The number of ketones is 1. The monoisotopic (exact) mass is 539 g/mol. The fourth-order valence-corrected chi connectivity index (χ4v) is 7.57. The summed E-state index contributed by atoms with van der Waals surface area (Å²) in [6, 6.07) is 0. The van der Waals surface area contributed by atoms with E-state index >= 15 is 0 Å². The first-order chi connectivity index (χ1) is 18.0. The molecule has 5 rings (SSSR count). The molecule has 4 saturated heterocycles. The summed E-state index contributed by atoms with van der Waals surface area (Å²) in [6.07, 6.45) is 3.80. The molecule has 10 heteroatoms. The van der Waals surface area contributed by atoms with Gasteiger partial charge in [0.15, 0.2) is 5.60 Å². The molecule has 0 aromatic heterocycles. The third-order valence-electron chi connectivity index (χ3n) is 9.84. The molecule has 0 spiro atoms. The summed E-state index contributed by atoms with van der Waals surface area (Å²) in [5.74, 6) is -0.529. The van der Waals surface area contributed by atoms with E-state index in [4.69, 9.17) is 24.7 Å². The average molecular weight is 540 g/mol. The van der Waals surface area contributed by atoms with Gasteiger partial charge >= 0.3 is 5.97 Å². The summed E-state index contributed by atoms with van der Waals surface area (Å²) >= 11 is 0. The minimum Gasteiger partial charge on any atom is -0.457 e. The van der Waals surface area contributed by atoms with E-state index in [9.17, 15) is 14.7 Å². The highest BCUT2D eigenvalue weighted by molar-refractivity contribution is 5.84. The number of aliphatic hydroxyl groups is 1. The number of Topliss-reactive ketones (excluding diaryl/α,β-unsaturated/α-hetero) is 1. The van der Waals surface area contributed by atoms with Gasteiger partial charge in [-0.05, 0) is 52.4 Å². The van der Waals surface area contributed by atoms with Crippen molar-refractivity contribution in [3.05, 3.63) is 0 Å². The Labute approximate surface area is 226 Å². The second kappa shape index (κ2) is 11.0. The molecule has 7 N–H and O–H groups in total. The van der Waals surface area contributed by atoms with E-state index in [-0.39, 0.29) is 48.3 Å². The summed E-state index contributed by atoms with van der Waals surface area (Å²) in [6.45, 7) is 7.60. The molecule has 0 aromatic rings. The van der Waals surface area contributed by atoms with Crippen LogP contribution in [0.5, 0.6) is 0 Å². The molecule has 11 unspecified atom stereocenters. The number of fused-ring (bicyclic) bond motifs is 2. The fraction of sp³-hybridized carbons (Fsp3) is 0.929. The van der Waals surface area contributed by atoms with Crippen molar-refractivity contribution in [3.63, 3.8) is 0 Å². The van der Waals surface area contributed by atoms with Gasteiger partial charge in [0.25, 0.3) is 0 Å². The maximum Gasteiger partial charge on any atom is 0.341 e. The normalized spacial score (nSPS) is 46.1. The van der Waals surface area contributed by atoms with E-state index < -0.39 is 29.3 Å². The van der Waals surface area contributed by atoms with E-state index in [1.54, 1.807) is 0 Å². The van der Waals surface area contributed by atoms with Crippen molar-refractivity contribution in [1.29, 1.82) is 0 Å². The number of nitrogens with two attached hydrogens (primary N) is 3. The second-order valence-corrected chi connectivity index (χ2v) is 13.1. The van der Waals surface area contributed by atoms with Gasteiger partial charge in [-0.2, -0.15) is 0 Å². The van der Waals surface area contributed by atoms with Crippen LogP contribution in [0.25, 0.3) is 0 Å². The Morgan fingerprint density at radius 1 is 1.21 bits per heavy atom. The second-order valence-electron chi connectivity index (χ2n) is 13.1. The molecule has 11 atom stereocenters. The first kappa shape index (κ1) is 28.4. The average Bonchev–Trinajstić information content (AvgIpc) is 3.56. The highest BCUT2D eigenvalue weighted by Crippen LogP contribution is 2.49. The number of piperidine rings is 1. The van der Waals surface area contributed by atoms with Gasteiger partial charge in [0.05, 0.1) is 62.2 Å². The van der Waals surface area contributed by atoms with Gasteiger partial charge < -0.3 is 34.7 Å². The van der Waals surface area contributed by atoms with Gasteiger partial charge in [-0.3, -0.25) is 10.5 Å². The van der Waals surface area contributed by atoms with Crippen LogP contribution < -0.4 is 16.4 Å². The molecule has 5 fully saturated rings. The molecule has 0 radical (unpaired) electrons. The Kier molecular flexibility index (Phi) is 8.24. The Morgan fingerprint density at radius 3 is 2.74 bits per heavy atom. The zero-order valence-corrected chi connectivity index (χ0v) is 23.5. The van der Waals surface area contributed by atoms with E-state index in [2.05, 4.69) is 10.6 Å². The Bertz CT molecular complexity index is 887. The number of quaternary nitrogens is 2. The molecule has 4 heterocycles. The molecule has 5 aliphatic rings. The van der Waals surface area contributed by atoms with Gasteiger partial charge in [0, 0.05) is 31.6 Å². The largest absolute Gasteiger partial charge is 0.457 e. The van der Waals surface area contributed by atoms with Gasteiger partial charge in [-0.1, -0.05) is 0 Å². The molecular formula is C28H49N3O7+2. The summed E-state index contributed by atoms with van der Waals surface area (Å²) in [7, 11) is 1.99. The molecule has 0 bridgehead atoms. The van der Waals surface area contributed by atoms with Crippen molar-refractivity contribution in [2.45, 2.75) is 126 Å². The first-order valence-corrected chi connectivity index (χ1v) is 14.8. The Morgan fingerprint density at radius 2 is 2.00 bits per heavy atom. The highest BCUT2D eigenvalue weighted by Gasteiger charge is 2.65. The van der Waals surface area contributed by atoms with Crippen LogP contribution in [0, 0.1) is 17.8 Å². The molecule has 1 aliphatic carbocycles. The maximum absolute atomic E-state index is 13.7. The van der Waals surface area contributed by atoms with Gasteiger partial charge in [0.2, 0.25) is 0 Å². The van der Waals surface area contributed by atoms with E-state index in [0.717, 1.165) is 38.8 Å². The third kappa shape index (κ3) is 5.55. The number of ether oxygens (including phenoxy) is 4. The minimum atomic E-state index is -0.915. The van der Waals surface area contributed by atoms with E-state index in [0.29, 0.717) is 31.6 Å². The minimum absolute atomic E-state index is 0.0545. The number of aliphatic hydroxyl groups excluding tert-OH is 1. The standard InChI is InChI=1S/C28H47N3O7/c1-15-11-18(32)24-20(35-15)14-19-17(25(24)33)13-22(27(2,3)37-19)36-26(34)28(8-10-30-4)21(38-28)6-5-16-7-9-31-23(29)12-16/h15-17,19-25,30-31,33H,5-14,29H2,1-4H3/p+2. The number of carbonyl (C=O) groups excluding carboxylic acids is 2. The van der Waals surface area contributed by atoms with Crippen molar-refractivity contribution >= 4 is 11.8 Å². The first-order valence-electron chi connectivity index (χ1n) is 14.8. The molecule has 1 saturated carbocycles. The highest BCUT2D eigenvalue weighted by atomic mass is 16.7. The summed E-state index contributed by atoms with van der Waals surface area (Å²) < 4.78 is 24.8. The molecule has 0 amide bonds. The summed E-state index contributed by atoms with van der Waals surface area (Å²) in [4.78, 5) is 26.5. The van der Waals surface area contributed by atoms with Gasteiger partial charge in [-0.25, -0.2) is 4.79 Å². The van der Waals surface area contributed by atoms with Crippen LogP contribution in [0.15, 0.2) is 0 Å². The number of rotatable bonds is 8. The van der Waals surface area contributed by atoms with Crippen LogP contribution in [0.3, 0.4) is 0 Å². The number of hydrogen-bond donors (Lipinski definition) is 4. The SMILES string of the molecule is C[NH2+]CCC1(C(=O)OC2CC3C(CC4OC(C)CC(=O)C4C3O)OC2(C)C)OC1CCC1CC[NH2+]C(N)C1. The number of esters is 1. The molecule has 216 valence electrons. The van der Waals surface area contributed by atoms with Gasteiger partial charge in [-0.15, -0.1) is 0 Å². The topological polar surface area (TPSA) is 154 Å². The van der Waals surface area contributed by atoms with Gasteiger partial charge in [0.1, 0.15) is 18.1 Å². The predicted octanol–water partition coefficient (Wildman–Crippen LogP) is -1.03. The summed E-state index contributed by atoms with van der Waals surface area (Å²) in [5.41, 5.74) is 4.48. The lowest BCUT2D eigenvalue weighted by molar-refractivity contribution is -0.699. The predicted molar refractivity (Wildman–Crippen MR) is 137 cm³/mol. The van der Waals surface area contributed by atoms with E-state index in [1.165, 1.54) is 0 Å². The van der Waals surface area contributed by atoms with Crippen molar-refractivity contribution in [1.82, 2.24) is 0 Å². The van der Waals surface area contributed by atoms with Crippen LogP contribution in [0.1, 0.15) is 72.1 Å². The van der Waals surface area contributed by atoms with Crippen LogP contribution in [-0.4, -0.2) is 91.0 Å². The van der Waals surface area contributed by atoms with Crippen molar-refractivity contribution < 1.29 is 44.3 Å². The summed E-state index contributed by atoms with van der Waals surface area (Å²) in [5, 5.41) is 15.5. The van der Waals surface area contributed by atoms with Crippen molar-refractivity contribution in [2.24, 2.45) is 23.5 Å². The Hall–Kier alpha value is -1.14. The van der Waals surface area contributed by atoms with Crippen LogP contribution in [0.4, 0.5) is 0 Å².